The van der Waals surface area contributed by atoms with E-state index in [-0.39, 0.29) is 23.2 Å². The van der Waals surface area contributed by atoms with E-state index in [1.807, 2.05) is 6.92 Å². The fraction of sp³-hybridized carbons (Fsp3) is 0.172. The van der Waals surface area contributed by atoms with Crippen molar-refractivity contribution in [2.45, 2.75) is 20.5 Å². The Labute approximate surface area is 231 Å². The summed E-state index contributed by atoms with van der Waals surface area (Å²) < 4.78 is 16.8. The Morgan fingerprint density at radius 1 is 1.00 bits per heavy atom. The molecule has 200 valence electrons. The summed E-state index contributed by atoms with van der Waals surface area (Å²) in [6.45, 7) is 4.01. The normalized spacial score (nSPS) is 14.2. The molecule has 3 aromatic rings. The highest BCUT2D eigenvalue weighted by Crippen LogP contribution is 2.27. The molecular weight excluding hydrogens is 518 g/mol. The fourth-order valence-corrected chi connectivity index (χ4v) is 4.20. The number of hydrogen-bond donors (Lipinski definition) is 2. The van der Waals surface area contributed by atoms with Gasteiger partial charge in [-0.1, -0.05) is 6.07 Å². The van der Waals surface area contributed by atoms with Gasteiger partial charge in [0.15, 0.2) is 5.11 Å². The van der Waals surface area contributed by atoms with Crippen LogP contribution in [0.5, 0.6) is 17.2 Å². The van der Waals surface area contributed by atoms with Crippen LogP contribution in [0.3, 0.4) is 0 Å². The van der Waals surface area contributed by atoms with Crippen molar-refractivity contribution in [2.75, 3.05) is 23.9 Å². The maximum absolute atomic E-state index is 13.4. The van der Waals surface area contributed by atoms with Crippen molar-refractivity contribution < 1.29 is 28.6 Å². The van der Waals surface area contributed by atoms with Crippen LogP contribution in [0.25, 0.3) is 6.08 Å². The molecule has 0 radical (unpaired) electrons. The summed E-state index contributed by atoms with van der Waals surface area (Å²) in [6.07, 6.45) is 1.51. The van der Waals surface area contributed by atoms with Crippen molar-refractivity contribution in [3.05, 3.63) is 83.4 Å². The van der Waals surface area contributed by atoms with E-state index in [4.69, 9.17) is 26.4 Å². The minimum Gasteiger partial charge on any atom is -0.496 e. The van der Waals surface area contributed by atoms with Gasteiger partial charge in [0, 0.05) is 18.2 Å². The molecule has 1 fully saturated rings. The standard InChI is InChI=1S/C29H27N3O6S/c1-4-37-23-12-8-22(9-13-23)32-28(35)25(27(34)31-29(32)39)16-19-5-14-26(36-3)20(15-19)17-38-24-10-6-21(7-11-24)30-18(2)33/h5-16H,4,17H2,1-3H3,(H,30,33)(H,31,34,39). The third-order valence-corrected chi connectivity index (χ3v) is 5.98. The molecule has 39 heavy (non-hydrogen) atoms. The molecule has 1 aliphatic rings. The lowest BCUT2D eigenvalue weighted by Gasteiger charge is -2.29. The molecule has 0 saturated carbocycles. The predicted molar refractivity (Wildman–Crippen MR) is 152 cm³/mol. The maximum atomic E-state index is 13.4. The Bertz CT molecular complexity index is 1430. The summed E-state index contributed by atoms with van der Waals surface area (Å²) in [4.78, 5) is 38.6. The minimum atomic E-state index is -0.583. The maximum Gasteiger partial charge on any atom is 0.270 e. The van der Waals surface area contributed by atoms with Crippen molar-refractivity contribution >= 4 is 52.5 Å². The number of nitrogens with one attached hydrogen (secondary N) is 2. The summed E-state index contributed by atoms with van der Waals surface area (Å²) in [5.41, 5.74) is 2.42. The van der Waals surface area contributed by atoms with Gasteiger partial charge in [-0.2, -0.15) is 0 Å². The first-order valence-corrected chi connectivity index (χ1v) is 12.5. The van der Waals surface area contributed by atoms with Gasteiger partial charge in [-0.05, 0) is 91.4 Å². The van der Waals surface area contributed by atoms with Crippen LogP contribution >= 0.6 is 12.2 Å². The first-order valence-electron chi connectivity index (χ1n) is 12.1. The van der Waals surface area contributed by atoms with Crippen LogP contribution in [0.1, 0.15) is 25.0 Å². The zero-order valence-corrected chi connectivity index (χ0v) is 22.5. The van der Waals surface area contributed by atoms with Gasteiger partial charge >= 0.3 is 0 Å². The molecule has 0 bridgehead atoms. The van der Waals surface area contributed by atoms with E-state index in [9.17, 15) is 14.4 Å². The number of benzene rings is 3. The Kier molecular flexibility index (Phi) is 8.57. The molecule has 3 amide bonds. The number of carbonyl (C=O) groups excluding carboxylic acids is 3. The number of rotatable bonds is 9. The lowest BCUT2D eigenvalue weighted by atomic mass is 10.0. The Morgan fingerprint density at radius 3 is 2.31 bits per heavy atom. The molecule has 4 rings (SSSR count). The number of carbonyl (C=O) groups is 3. The van der Waals surface area contributed by atoms with Crippen LogP contribution in [-0.4, -0.2) is 36.6 Å². The molecule has 0 atom stereocenters. The summed E-state index contributed by atoms with van der Waals surface area (Å²) in [5, 5.41) is 5.29. The molecule has 3 aromatic carbocycles. The van der Waals surface area contributed by atoms with Crippen molar-refractivity contribution in [1.82, 2.24) is 5.32 Å². The second-order valence-corrected chi connectivity index (χ2v) is 8.84. The molecule has 1 saturated heterocycles. The molecule has 1 aliphatic heterocycles. The number of thiocarbonyl (C=S) groups is 1. The van der Waals surface area contributed by atoms with Gasteiger partial charge < -0.3 is 19.5 Å². The van der Waals surface area contributed by atoms with Gasteiger partial charge in [0.25, 0.3) is 11.8 Å². The largest absolute Gasteiger partial charge is 0.496 e. The molecule has 9 nitrogen and oxygen atoms in total. The molecule has 0 unspecified atom stereocenters. The van der Waals surface area contributed by atoms with Gasteiger partial charge in [0.05, 0.1) is 19.4 Å². The highest BCUT2D eigenvalue weighted by Gasteiger charge is 2.34. The molecule has 10 heteroatoms. The summed E-state index contributed by atoms with van der Waals surface area (Å²) in [7, 11) is 1.55. The van der Waals surface area contributed by atoms with Crippen LogP contribution in [-0.2, 0) is 21.0 Å². The summed E-state index contributed by atoms with van der Waals surface area (Å²) >= 11 is 5.29. The van der Waals surface area contributed by atoms with E-state index in [2.05, 4.69) is 10.6 Å². The van der Waals surface area contributed by atoms with E-state index in [0.29, 0.717) is 46.4 Å². The average Bonchev–Trinajstić information content (AvgIpc) is 2.91. The van der Waals surface area contributed by atoms with Crippen molar-refractivity contribution in [3.63, 3.8) is 0 Å². The van der Waals surface area contributed by atoms with E-state index >= 15 is 0 Å². The van der Waals surface area contributed by atoms with E-state index in [1.165, 1.54) is 17.9 Å². The molecule has 0 aliphatic carbocycles. The number of amides is 3. The molecule has 0 aromatic heterocycles. The zero-order valence-electron chi connectivity index (χ0n) is 21.6. The van der Waals surface area contributed by atoms with E-state index < -0.39 is 11.8 Å². The van der Waals surface area contributed by atoms with Gasteiger partial charge in [-0.15, -0.1) is 0 Å². The third-order valence-electron chi connectivity index (χ3n) is 5.69. The topological polar surface area (TPSA) is 106 Å². The second kappa shape index (κ2) is 12.2. The van der Waals surface area contributed by atoms with E-state index in [0.717, 1.165) is 0 Å². The summed E-state index contributed by atoms with van der Waals surface area (Å²) in [6, 6.07) is 19.1. The lowest BCUT2D eigenvalue weighted by molar-refractivity contribution is -0.122. The predicted octanol–water partition coefficient (Wildman–Crippen LogP) is 4.46. The number of methoxy groups -OCH3 is 1. The zero-order chi connectivity index (χ0) is 27.9. The second-order valence-electron chi connectivity index (χ2n) is 8.45. The third kappa shape index (κ3) is 6.60. The fourth-order valence-electron chi connectivity index (χ4n) is 3.92. The molecular formula is C29H27N3O6S. The molecule has 2 N–H and O–H groups in total. The monoisotopic (exact) mass is 545 g/mol. The quantitative estimate of drug-likeness (QED) is 0.232. The van der Waals surface area contributed by atoms with Crippen LogP contribution in [0.15, 0.2) is 72.3 Å². The van der Waals surface area contributed by atoms with Crippen LogP contribution < -0.4 is 29.7 Å². The van der Waals surface area contributed by atoms with Gasteiger partial charge in [0.1, 0.15) is 29.4 Å². The number of hydrogen-bond acceptors (Lipinski definition) is 7. The average molecular weight is 546 g/mol. The van der Waals surface area contributed by atoms with Gasteiger partial charge in [-0.25, -0.2) is 0 Å². The van der Waals surface area contributed by atoms with E-state index in [1.54, 1.807) is 73.8 Å². The number of anilines is 2. The first-order chi connectivity index (χ1) is 18.8. The Hall–Kier alpha value is -4.70. The Balaban J connectivity index is 1.55. The highest BCUT2D eigenvalue weighted by molar-refractivity contribution is 7.80. The van der Waals surface area contributed by atoms with Crippen LogP contribution in [0.4, 0.5) is 11.4 Å². The van der Waals surface area contributed by atoms with Crippen molar-refractivity contribution in [1.29, 1.82) is 0 Å². The van der Waals surface area contributed by atoms with Gasteiger partial charge in [-0.3, -0.25) is 24.6 Å². The van der Waals surface area contributed by atoms with Crippen molar-refractivity contribution in [2.24, 2.45) is 0 Å². The van der Waals surface area contributed by atoms with Crippen LogP contribution in [0.2, 0.25) is 0 Å². The molecule has 1 heterocycles. The Morgan fingerprint density at radius 2 is 1.67 bits per heavy atom. The number of ether oxygens (including phenoxy) is 3. The lowest BCUT2D eigenvalue weighted by Crippen LogP contribution is -2.54. The number of nitrogens with zero attached hydrogens (tertiary/aromatic N) is 1. The van der Waals surface area contributed by atoms with Crippen molar-refractivity contribution in [3.8, 4) is 17.2 Å². The first kappa shape index (κ1) is 27.3. The minimum absolute atomic E-state index is 0.000323. The smallest absolute Gasteiger partial charge is 0.270 e. The summed E-state index contributed by atoms with van der Waals surface area (Å²) in [5.74, 6) is 0.558. The SMILES string of the molecule is CCOc1ccc(N2C(=O)C(=Cc3ccc(OC)c(COc4ccc(NC(C)=O)cc4)c3)C(=O)NC2=S)cc1. The molecule has 0 spiro atoms. The van der Waals surface area contributed by atoms with Gasteiger partial charge in [0.2, 0.25) is 5.91 Å². The van der Waals surface area contributed by atoms with Crippen LogP contribution in [0, 0.1) is 0 Å². The highest BCUT2D eigenvalue weighted by atomic mass is 32.1.